The minimum Gasteiger partial charge on any atom is -0.508 e. The van der Waals surface area contributed by atoms with Crippen molar-refractivity contribution in [3.8, 4) is 5.75 Å². The van der Waals surface area contributed by atoms with Crippen LogP contribution in [0.5, 0.6) is 5.75 Å². The van der Waals surface area contributed by atoms with Gasteiger partial charge in [0, 0.05) is 23.7 Å². The Kier molecular flexibility index (Phi) is 6.14. The van der Waals surface area contributed by atoms with E-state index < -0.39 is 0 Å². The normalized spacial score (nSPS) is 18.1. The molecule has 1 aromatic carbocycles. The van der Waals surface area contributed by atoms with Crippen LogP contribution in [0.4, 0.5) is 0 Å². The molecule has 1 aromatic rings. The monoisotopic (exact) mass is 296 g/mol. The Labute approximate surface area is 126 Å². The molecule has 1 aliphatic heterocycles. The average molecular weight is 297 g/mol. The van der Waals surface area contributed by atoms with E-state index in [1.54, 1.807) is 12.1 Å². The van der Waals surface area contributed by atoms with Gasteiger partial charge in [0.05, 0.1) is 0 Å². The molecule has 2 rings (SSSR count). The number of halogens is 1. The van der Waals surface area contributed by atoms with Crippen LogP contribution < -0.4 is 5.32 Å². The van der Waals surface area contributed by atoms with Gasteiger partial charge in [-0.2, -0.15) is 0 Å². The van der Waals surface area contributed by atoms with Crippen LogP contribution in [-0.4, -0.2) is 36.2 Å². The van der Waals surface area contributed by atoms with Crippen molar-refractivity contribution in [3.05, 3.63) is 28.8 Å². The van der Waals surface area contributed by atoms with E-state index in [4.69, 9.17) is 11.6 Å². The lowest BCUT2D eigenvalue weighted by atomic mass is 10.1. The largest absolute Gasteiger partial charge is 0.508 e. The lowest BCUT2D eigenvalue weighted by molar-refractivity contribution is 0.199. The molecule has 1 aliphatic rings. The van der Waals surface area contributed by atoms with Crippen LogP contribution in [0.2, 0.25) is 5.02 Å². The Bertz CT molecular complexity index is 419. The van der Waals surface area contributed by atoms with Gasteiger partial charge in [-0.15, -0.1) is 0 Å². The van der Waals surface area contributed by atoms with Gasteiger partial charge < -0.3 is 15.3 Å². The Hall–Kier alpha value is -0.770. The highest BCUT2D eigenvalue weighted by atomic mass is 35.5. The molecule has 3 nitrogen and oxygen atoms in total. The maximum atomic E-state index is 9.75. The Morgan fingerprint density at radius 2 is 2.05 bits per heavy atom. The van der Waals surface area contributed by atoms with Crippen molar-refractivity contribution >= 4 is 11.6 Å². The zero-order chi connectivity index (χ0) is 14.4. The predicted molar refractivity (Wildman–Crippen MR) is 84.3 cm³/mol. The number of hydrogen-bond donors (Lipinski definition) is 2. The van der Waals surface area contributed by atoms with Crippen LogP contribution in [0.15, 0.2) is 18.2 Å². The van der Waals surface area contributed by atoms with Gasteiger partial charge >= 0.3 is 0 Å². The summed E-state index contributed by atoms with van der Waals surface area (Å²) in [6.45, 7) is 7.56. The van der Waals surface area contributed by atoms with Gasteiger partial charge in [0.2, 0.25) is 0 Å². The second kappa shape index (κ2) is 7.87. The van der Waals surface area contributed by atoms with Crippen molar-refractivity contribution in [2.75, 3.05) is 26.2 Å². The molecule has 1 saturated heterocycles. The highest BCUT2D eigenvalue weighted by Gasteiger charge is 2.13. The maximum absolute atomic E-state index is 9.75. The summed E-state index contributed by atoms with van der Waals surface area (Å²) in [6, 6.07) is 5.18. The first-order chi connectivity index (χ1) is 9.65. The highest BCUT2D eigenvalue weighted by Crippen LogP contribution is 2.21. The summed E-state index contributed by atoms with van der Waals surface area (Å²) < 4.78 is 0. The van der Waals surface area contributed by atoms with Crippen LogP contribution in [0.1, 0.15) is 31.7 Å². The van der Waals surface area contributed by atoms with Gasteiger partial charge in [0.25, 0.3) is 0 Å². The Balaban J connectivity index is 1.70. The van der Waals surface area contributed by atoms with Crippen molar-refractivity contribution < 1.29 is 5.11 Å². The minimum absolute atomic E-state index is 0.311. The number of benzene rings is 1. The van der Waals surface area contributed by atoms with Crippen LogP contribution in [0.25, 0.3) is 0 Å². The first kappa shape index (κ1) is 15.6. The SMILES string of the molecule is CC(CNCc1cc(Cl)ccc1O)CN1CCCCC1. The number of aromatic hydroxyl groups is 1. The molecule has 1 unspecified atom stereocenters. The summed E-state index contributed by atoms with van der Waals surface area (Å²) in [6.07, 6.45) is 4.07. The molecule has 20 heavy (non-hydrogen) atoms. The van der Waals surface area contributed by atoms with Crippen molar-refractivity contribution in [2.24, 2.45) is 5.92 Å². The van der Waals surface area contributed by atoms with Crippen molar-refractivity contribution in [1.82, 2.24) is 10.2 Å². The number of nitrogens with one attached hydrogen (secondary N) is 1. The van der Waals surface area contributed by atoms with E-state index in [-0.39, 0.29) is 0 Å². The van der Waals surface area contributed by atoms with Gasteiger partial charge in [-0.3, -0.25) is 0 Å². The summed E-state index contributed by atoms with van der Waals surface area (Å²) in [5.74, 6) is 0.931. The van der Waals surface area contributed by atoms with E-state index in [0.717, 1.165) is 18.7 Å². The molecule has 0 bridgehead atoms. The van der Waals surface area contributed by atoms with Crippen molar-refractivity contribution in [2.45, 2.75) is 32.7 Å². The van der Waals surface area contributed by atoms with Crippen molar-refractivity contribution in [1.29, 1.82) is 0 Å². The highest BCUT2D eigenvalue weighted by molar-refractivity contribution is 6.30. The molecular formula is C16H25ClN2O. The predicted octanol–water partition coefficient (Wildman–Crippen LogP) is 3.26. The third-order valence-corrected chi connectivity index (χ3v) is 4.10. The summed E-state index contributed by atoms with van der Waals surface area (Å²) in [7, 11) is 0. The molecule has 0 amide bonds. The van der Waals surface area contributed by atoms with E-state index in [1.165, 1.54) is 32.4 Å². The lowest BCUT2D eigenvalue weighted by Crippen LogP contribution is -2.36. The minimum atomic E-state index is 0.311. The van der Waals surface area contributed by atoms with E-state index in [0.29, 0.717) is 23.2 Å². The molecular weight excluding hydrogens is 272 g/mol. The van der Waals surface area contributed by atoms with Gasteiger partial charge in [-0.25, -0.2) is 0 Å². The molecule has 0 saturated carbocycles. The molecule has 4 heteroatoms. The van der Waals surface area contributed by atoms with Crippen LogP contribution in [0, 0.1) is 5.92 Å². The fourth-order valence-corrected chi connectivity index (χ4v) is 2.99. The maximum Gasteiger partial charge on any atom is 0.120 e. The number of piperidine rings is 1. The number of phenolic OH excluding ortho intramolecular Hbond substituents is 1. The summed E-state index contributed by atoms with van der Waals surface area (Å²) in [4.78, 5) is 2.56. The Morgan fingerprint density at radius 1 is 1.30 bits per heavy atom. The summed E-state index contributed by atoms with van der Waals surface area (Å²) in [5, 5.41) is 13.8. The fraction of sp³-hybridized carbons (Fsp3) is 0.625. The molecule has 0 aliphatic carbocycles. The molecule has 0 spiro atoms. The molecule has 1 atom stereocenters. The third-order valence-electron chi connectivity index (χ3n) is 3.87. The molecule has 112 valence electrons. The smallest absolute Gasteiger partial charge is 0.120 e. The standard InChI is InChI=1S/C16H25ClN2O/c1-13(12-19-7-3-2-4-8-19)10-18-11-14-9-15(17)5-6-16(14)20/h5-6,9,13,18,20H,2-4,7-8,10-12H2,1H3. The molecule has 0 radical (unpaired) electrons. The molecule has 0 aromatic heterocycles. The quantitative estimate of drug-likeness (QED) is 0.846. The average Bonchev–Trinajstić information content (AvgIpc) is 2.44. The van der Waals surface area contributed by atoms with E-state index in [2.05, 4.69) is 17.1 Å². The number of hydrogen-bond acceptors (Lipinski definition) is 3. The number of rotatable bonds is 6. The summed E-state index contributed by atoms with van der Waals surface area (Å²) in [5.41, 5.74) is 0.864. The van der Waals surface area contributed by atoms with Gasteiger partial charge in [-0.05, 0) is 56.6 Å². The topological polar surface area (TPSA) is 35.5 Å². The molecule has 1 fully saturated rings. The van der Waals surface area contributed by atoms with Crippen LogP contribution in [0.3, 0.4) is 0 Å². The molecule has 1 heterocycles. The number of likely N-dealkylation sites (tertiary alicyclic amines) is 1. The van der Waals surface area contributed by atoms with E-state index in [9.17, 15) is 5.11 Å². The van der Waals surface area contributed by atoms with Gasteiger partial charge in [0.15, 0.2) is 0 Å². The van der Waals surface area contributed by atoms with Gasteiger partial charge in [-0.1, -0.05) is 24.9 Å². The second-order valence-electron chi connectivity index (χ2n) is 5.87. The zero-order valence-electron chi connectivity index (χ0n) is 12.2. The first-order valence-electron chi connectivity index (χ1n) is 7.55. The zero-order valence-corrected chi connectivity index (χ0v) is 13.0. The first-order valence-corrected chi connectivity index (χ1v) is 7.93. The third kappa shape index (κ3) is 4.97. The second-order valence-corrected chi connectivity index (χ2v) is 6.31. The van der Waals surface area contributed by atoms with Crippen molar-refractivity contribution in [3.63, 3.8) is 0 Å². The van der Waals surface area contributed by atoms with E-state index in [1.807, 2.05) is 6.07 Å². The van der Waals surface area contributed by atoms with Gasteiger partial charge in [0.1, 0.15) is 5.75 Å². The van der Waals surface area contributed by atoms with Crippen LogP contribution in [-0.2, 0) is 6.54 Å². The molecule has 2 N–H and O–H groups in total. The number of nitrogens with zero attached hydrogens (tertiary/aromatic N) is 1. The fourth-order valence-electron chi connectivity index (χ4n) is 2.80. The van der Waals surface area contributed by atoms with Crippen LogP contribution >= 0.6 is 11.6 Å². The number of phenols is 1. The Morgan fingerprint density at radius 3 is 2.80 bits per heavy atom. The van der Waals surface area contributed by atoms with E-state index >= 15 is 0 Å². The summed E-state index contributed by atoms with van der Waals surface area (Å²) >= 11 is 5.94. The lowest BCUT2D eigenvalue weighted by Gasteiger charge is -2.29.